The molecule has 1 N–H and O–H groups in total. The molecule has 0 bridgehead atoms. The lowest BCUT2D eigenvalue weighted by molar-refractivity contribution is -0.141. The summed E-state index contributed by atoms with van der Waals surface area (Å²) in [5.41, 5.74) is -0.900. The number of aromatic nitrogens is 1. The van der Waals surface area contributed by atoms with Crippen LogP contribution in [0.2, 0.25) is 0 Å². The topological polar surface area (TPSA) is 62.4 Å². The van der Waals surface area contributed by atoms with Gasteiger partial charge in [0.25, 0.3) is 0 Å². The maximum absolute atomic E-state index is 13.4. The average molecular weight is 382 g/mol. The number of esters is 1. The van der Waals surface area contributed by atoms with Gasteiger partial charge in [-0.1, -0.05) is 0 Å². The van der Waals surface area contributed by atoms with E-state index >= 15 is 0 Å². The maximum Gasteiger partial charge on any atom is 0.417 e. The van der Waals surface area contributed by atoms with Gasteiger partial charge in [-0.25, -0.2) is 0 Å². The highest BCUT2D eigenvalue weighted by Crippen LogP contribution is 2.37. The van der Waals surface area contributed by atoms with Crippen molar-refractivity contribution in [2.24, 2.45) is 0 Å². The third-order valence-corrected chi connectivity index (χ3v) is 4.97. The zero-order chi connectivity index (χ0) is 19.8. The van der Waals surface area contributed by atoms with Crippen LogP contribution in [-0.4, -0.2) is 29.6 Å². The number of nitrogens with one attached hydrogen (secondary N) is 1. The van der Waals surface area contributed by atoms with Gasteiger partial charge in [0.1, 0.15) is 0 Å². The number of hydrogen-bond donors (Lipinski definition) is 1. The van der Waals surface area contributed by atoms with E-state index in [1.54, 1.807) is 6.07 Å². The Kier molecular flexibility index (Phi) is 5.17. The molecule has 0 saturated carbocycles. The molecule has 2 atom stereocenters. The number of carbonyl (C=O) groups excluding carboxylic acids is 1. The van der Waals surface area contributed by atoms with Gasteiger partial charge in [0, 0.05) is 48.1 Å². The predicted octanol–water partition coefficient (Wildman–Crippen LogP) is 3.86. The van der Waals surface area contributed by atoms with E-state index in [9.17, 15) is 22.8 Å². The summed E-state index contributed by atoms with van der Waals surface area (Å²) in [6.45, 7) is 3.64. The van der Waals surface area contributed by atoms with Crippen LogP contribution in [0.15, 0.2) is 29.1 Å². The van der Waals surface area contributed by atoms with Gasteiger partial charge in [-0.15, -0.1) is 0 Å². The molecule has 2 unspecified atom stereocenters. The Morgan fingerprint density at radius 1 is 1.30 bits per heavy atom. The number of anilines is 1. The number of H-pyrrole nitrogens is 1. The average Bonchev–Trinajstić information content (AvgIpc) is 2.93. The first-order valence-electron chi connectivity index (χ1n) is 8.83. The first-order valence-corrected chi connectivity index (χ1v) is 8.83. The molecule has 1 aliphatic heterocycles. The highest BCUT2D eigenvalue weighted by molar-refractivity contribution is 5.86. The molecule has 1 aromatic carbocycles. The summed E-state index contributed by atoms with van der Waals surface area (Å²) < 4.78 is 45.2. The third kappa shape index (κ3) is 4.09. The monoisotopic (exact) mass is 382 g/mol. The van der Waals surface area contributed by atoms with Crippen molar-refractivity contribution < 1.29 is 22.7 Å². The molecule has 5 nitrogen and oxygen atoms in total. The first kappa shape index (κ1) is 19.3. The van der Waals surface area contributed by atoms with Gasteiger partial charge >= 0.3 is 12.1 Å². The van der Waals surface area contributed by atoms with Gasteiger partial charge in [0.15, 0.2) is 0 Å². The highest BCUT2D eigenvalue weighted by atomic mass is 19.4. The fourth-order valence-electron chi connectivity index (χ4n) is 3.80. The molecule has 3 rings (SSSR count). The van der Waals surface area contributed by atoms with Crippen molar-refractivity contribution in [2.45, 2.75) is 51.4 Å². The van der Waals surface area contributed by atoms with E-state index in [-0.39, 0.29) is 35.6 Å². The Morgan fingerprint density at radius 3 is 2.70 bits per heavy atom. The Hall–Kier alpha value is -2.51. The minimum Gasteiger partial charge on any atom is -0.466 e. The summed E-state index contributed by atoms with van der Waals surface area (Å²) in [5.74, 6) is -0.350. The van der Waals surface area contributed by atoms with E-state index < -0.39 is 17.3 Å². The summed E-state index contributed by atoms with van der Waals surface area (Å²) in [5, 5.41) is -0.0302. The minimum atomic E-state index is -4.61. The number of benzene rings is 1. The fraction of sp³-hybridized carbons (Fsp3) is 0.474. The van der Waals surface area contributed by atoms with Crippen molar-refractivity contribution in [1.29, 1.82) is 0 Å². The molecule has 2 aromatic rings. The molecule has 146 valence electrons. The number of fused-ring (bicyclic) bond motifs is 1. The van der Waals surface area contributed by atoms with Crippen LogP contribution in [0.25, 0.3) is 10.9 Å². The van der Waals surface area contributed by atoms with E-state index in [1.165, 1.54) is 19.1 Å². The lowest BCUT2D eigenvalue weighted by Crippen LogP contribution is -2.35. The van der Waals surface area contributed by atoms with Crippen LogP contribution >= 0.6 is 0 Å². The van der Waals surface area contributed by atoms with Crippen molar-refractivity contribution in [1.82, 2.24) is 4.98 Å². The molecule has 1 saturated heterocycles. The Bertz CT molecular complexity index is 907. The molecule has 0 amide bonds. The lowest BCUT2D eigenvalue weighted by Gasteiger charge is -2.31. The number of aromatic amines is 1. The van der Waals surface area contributed by atoms with Gasteiger partial charge in [0.05, 0.1) is 12.2 Å². The zero-order valence-corrected chi connectivity index (χ0v) is 15.1. The molecule has 1 aromatic heterocycles. The van der Waals surface area contributed by atoms with Gasteiger partial charge in [-0.3, -0.25) is 9.59 Å². The Morgan fingerprint density at radius 2 is 2.04 bits per heavy atom. The lowest BCUT2D eigenvalue weighted by atomic mass is 10.1. The van der Waals surface area contributed by atoms with Crippen LogP contribution < -0.4 is 10.5 Å². The molecule has 0 aliphatic carbocycles. The van der Waals surface area contributed by atoms with Crippen LogP contribution in [0, 0.1) is 0 Å². The van der Waals surface area contributed by atoms with E-state index in [1.807, 2.05) is 6.92 Å². The molecule has 1 aliphatic rings. The second kappa shape index (κ2) is 7.25. The number of halogens is 3. The smallest absolute Gasteiger partial charge is 0.417 e. The fourth-order valence-corrected chi connectivity index (χ4v) is 3.80. The predicted molar refractivity (Wildman–Crippen MR) is 95.8 cm³/mol. The van der Waals surface area contributed by atoms with E-state index in [2.05, 4.69) is 9.88 Å². The van der Waals surface area contributed by atoms with Crippen molar-refractivity contribution in [3.63, 3.8) is 0 Å². The molecule has 8 heteroatoms. The second-order valence-electron chi connectivity index (χ2n) is 6.89. The number of ether oxygens (including phenoxy) is 1. The molecule has 0 spiro atoms. The minimum absolute atomic E-state index is 0.0302. The van der Waals surface area contributed by atoms with Crippen LogP contribution in [-0.2, 0) is 15.7 Å². The quantitative estimate of drug-likeness (QED) is 0.816. The van der Waals surface area contributed by atoms with Crippen molar-refractivity contribution in [3.8, 4) is 0 Å². The SMILES string of the molecule is CC(=O)OCCC1CCC(C)N1c1ccc2[nH]c(=O)cc(C(F)(F)F)c2c1. The van der Waals surface area contributed by atoms with Crippen LogP contribution in [0.4, 0.5) is 18.9 Å². The number of rotatable bonds is 4. The van der Waals surface area contributed by atoms with Gasteiger partial charge in [0.2, 0.25) is 5.56 Å². The zero-order valence-electron chi connectivity index (χ0n) is 15.1. The summed E-state index contributed by atoms with van der Waals surface area (Å²) in [6, 6.07) is 5.54. The number of pyridine rings is 1. The van der Waals surface area contributed by atoms with E-state index in [0.717, 1.165) is 12.8 Å². The summed E-state index contributed by atoms with van der Waals surface area (Å²) in [7, 11) is 0. The molecular formula is C19H21F3N2O3. The Balaban J connectivity index is 1.98. The first-order chi connectivity index (χ1) is 12.7. The number of hydrogen-bond acceptors (Lipinski definition) is 4. The Labute approximate surface area is 154 Å². The molecular weight excluding hydrogens is 361 g/mol. The third-order valence-electron chi connectivity index (χ3n) is 4.97. The summed E-state index contributed by atoms with van der Waals surface area (Å²) in [6.07, 6.45) is -2.23. The summed E-state index contributed by atoms with van der Waals surface area (Å²) in [4.78, 5) is 27.1. The van der Waals surface area contributed by atoms with Crippen LogP contribution in [0.3, 0.4) is 0 Å². The normalized spacial score (nSPS) is 20.3. The molecule has 27 heavy (non-hydrogen) atoms. The van der Waals surface area contributed by atoms with Crippen LogP contribution in [0.5, 0.6) is 0 Å². The number of nitrogens with zero attached hydrogens (tertiary/aromatic N) is 1. The number of carbonyl (C=O) groups is 1. The van der Waals surface area contributed by atoms with E-state index in [4.69, 9.17) is 4.74 Å². The molecule has 1 fully saturated rings. The largest absolute Gasteiger partial charge is 0.466 e. The highest BCUT2D eigenvalue weighted by Gasteiger charge is 2.35. The van der Waals surface area contributed by atoms with Gasteiger partial charge < -0.3 is 14.6 Å². The molecule has 0 radical (unpaired) electrons. The van der Waals surface area contributed by atoms with Gasteiger partial charge in [-0.05, 0) is 38.0 Å². The van der Waals surface area contributed by atoms with Crippen molar-refractivity contribution in [3.05, 3.63) is 40.2 Å². The van der Waals surface area contributed by atoms with Gasteiger partial charge in [-0.2, -0.15) is 13.2 Å². The number of alkyl halides is 3. The van der Waals surface area contributed by atoms with Crippen molar-refractivity contribution >= 4 is 22.6 Å². The van der Waals surface area contributed by atoms with E-state index in [0.29, 0.717) is 18.2 Å². The second-order valence-corrected chi connectivity index (χ2v) is 6.89. The standard InChI is InChI=1S/C19H21F3N2O3/c1-11-3-4-13(7-8-27-12(2)25)24(11)14-5-6-17-15(9-14)16(19(20,21)22)10-18(26)23-17/h5-6,9-11,13H,3-4,7-8H2,1-2H3,(H,23,26). The van der Waals surface area contributed by atoms with Crippen LogP contribution in [0.1, 0.15) is 38.7 Å². The summed E-state index contributed by atoms with van der Waals surface area (Å²) >= 11 is 0. The maximum atomic E-state index is 13.4. The molecule has 2 heterocycles. The van der Waals surface area contributed by atoms with Crippen molar-refractivity contribution in [2.75, 3.05) is 11.5 Å².